The molecule has 2 aliphatic heterocycles. The van der Waals surface area contributed by atoms with E-state index in [4.69, 9.17) is 4.74 Å². The Labute approximate surface area is 118 Å². The largest absolute Gasteiger partial charge is 0.504 e. The Morgan fingerprint density at radius 2 is 2.25 bits per heavy atom. The lowest BCUT2D eigenvalue weighted by molar-refractivity contribution is 0.159. The number of fused-ring (bicyclic) bond motifs is 4. The van der Waals surface area contributed by atoms with Crippen LogP contribution in [0.1, 0.15) is 28.4 Å². The molecule has 104 valence electrons. The first-order valence-electron chi connectivity index (χ1n) is 7.05. The van der Waals surface area contributed by atoms with E-state index in [0.717, 1.165) is 25.9 Å². The maximum Gasteiger partial charge on any atom is 0.160 e. The number of aromatic amines is 1. The topological polar surface area (TPSA) is 48.5 Å². The maximum atomic E-state index is 10.1. The van der Waals surface area contributed by atoms with Crippen molar-refractivity contribution in [2.24, 2.45) is 0 Å². The van der Waals surface area contributed by atoms with Gasteiger partial charge in [-0.2, -0.15) is 0 Å². The predicted molar refractivity (Wildman–Crippen MR) is 76.0 cm³/mol. The van der Waals surface area contributed by atoms with Crippen LogP contribution in [0.15, 0.2) is 24.4 Å². The third kappa shape index (κ3) is 1.64. The van der Waals surface area contributed by atoms with E-state index in [2.05, 4.69) is 16.0 Å². The van der Waals surface area contributed by atoms with E-state index >= 15 is 0 Å². The number of hydrogen-bond acceptors (Lipinski definition) is 3. The molecule has 4 rings (SSSR count). The molecule has 0 saturated carbocycles. The molecule has 3 heterocycles. The maximum absolute atomic E-state index is 10.1. The molecule has 0 bridgehead atoms. The minimum Gasteiger partial charge on any atom is -0.504 e. The number of rotatable bonds is 1. The first-order valence-corrected chi connectivity index (χ1v) is 7.05. The number of benzene rings is 1. The van der Waals surface area contributed by atoms with Crippen molar-refractivity contribution in [3.05, 3.63) is 46.8 Å². The third-order valence-corrected chi connectivity index (χ3v) is 4.61. The standard InChI is InChI=1S/C16H18N2O2/c1-20-16-6-10-3-5-18-9-11-2-4-17-13(11)8-14(18)12(10)7-15(16)19/h2,4,6-7,14,17,19H,3,5,8-9H2,1H3. The van der Waals surface area contributed by atoms with E-state index in [0.29, 0.717) is 11.8 Å². The highest BCUT2D eigenvalue weighted by Gasteiger charge is 2.33. The normalized spacial score (nSPS) is 20.9. The lowest BCUT2D eigenvalue weighted by Crippen LogP contribution is -2.39. The summed E-state index contributed by atoms with van der Waals surface area (Å²) in [4.78, 5) is 5.85. The number of nitrogens with zero attached hydrogens (tertiary/aromatic N) is 1. The van der Waals surface area contributed by atoms with E-state index < -0.39 is 0 Å². The molecule has 0 saturated heterocycles. The molecular weight excluding hydrogens is 252 g/mol. The van der Waals surface area contributed by atoms with Crippen LogP contribution in [-0.4, -0.2) is 28.6 Å². The number of ether oxygens (including phenoxy) is 1. The van der Waals surface area contributed by atoms with Gasteiger partial charge in [0, 0.05) is 37.4 Å². The first kappa shape index (κ1) is 11.9. The molecule has 0 spiro atoms. The average molecular weight is 270 g/mol. The van der Waals surface area contributed by atoms with Crippen molar-refractivity contribution >= 4 is 0 Å². The molecule has 2 N–H and O–H groups in total. The number of aromatic hydroxyl groups is 1. The summed E-state index contributed by atoms with van der Waals surface area (Å²) in [6, 6.07) is 6.42. The number of phenols is 1. The summed E-state index contributed by atoms with van der Waals surface area (Å²) < 4.78 is 5.22. The lowest BCUT2D eigenvalue weighted by Gasteiger charge is -2.40. The smallest absolute Gasteiger partial charge is 0.160 e. The van der Waals surface area contributed by atoms with Crippen LogP contribution in [0.5, 0.6) is 11.5 Å². The van der Waals surface area contributed by atoms with Crippen LogP contribution >= 0.6 is 0 Å². The van der Waals surface area contributed by atoms with Crippen molar-refractivity contribution in [2.75, 3.05) is 13.7 Å². The van der Waals surface area contributed by atoms with Gasteiger partial charge in [-0.25, -0.2) is 0 Å². The van der Waals surface area contributed by atoms with E-state index in [1.165, 1.54) is 22.4 Å². The van der Waals surface area contributed by atoms with Gasteiger partial charge < -0.3 is 14.8 Å². The Hall–Kier alpha value is -1.94. The predicted octanol–water partition coefficient (Wildman–Crippen LogP) is 2.38. The SMILES string of the molecule is COc1cc2c(cc1O)C1Cc3[nH]ccc3CN1CC2. The van der Waals surface area contributed by atoms with Crippen LogP contribution in [0.3, 0.4) is 0 Å². The zero-order valence-electron chi connectivity index (χ0n) is 11.5. The minimum atomic E-state index is 0.241. The minimum absolute atomic E-state index is 0.241. The molecule has 2 aliphatic rings. The highest BCUT2D eigenvalue weighted by Crippen LogP contribution is 2.41. The third-order valence-electron chi connectivity index (χ3n) is 4.61. The van der Waals surface area contributed by atoms with Crippen LogP contribution in [-0.2, 0) is 19.4 Å². The zero-order valence-corrected chi connectivity index (χ0v) is 11.5. The molecule has 1 atom stereocenters. The molecule has 0 amide bonds. The van der Waals surface area contributed by atoms with Gasteiger partial charge in [0.1, 0.15) is 0 Å². The number of hydrogen-bond donors (Lipinski definition) is 2. The fourth-order valence-electron chi connectivity index (χ4n) is 3.55. The fourth-order valence-corrected chi connectivity index (χ4v) is 3.55. The van der Waals surface area contributed by atoms with Crippen molar-refractivity contribution in [1.29, 1.82) is 0 Å². The van der Waals surface area contributed by atoms with Gasteiger partial charge in [-0.1, -0.05) is 0 Å². The van der Waals surface area contributed by atoms with Crippen LogP contribution < -0.4 is 4.74 Å². The number of aromatic nitrogens is 1. The van der Waals surface area contributed by atoms with E-state index in [1.54, 1.807) is 7.11 Å². The summed E-state index contributed by atoms with van der Waals surface area (Å²) in [7, 11) is 1.60. The molecule has 1 aromatic heterocycles. The number of H-pyrrole nitrogens is 1. The van der Waals surface area contributed by atoms with Crippen LogP contribution in [0, 0.1) is 0 Å². The molecule has 4 nitrogen and oxygen atoms in total. The van der Waals surface area contributed by atoms with Gasteiger partial charge in [0.05, 0.1) is 7.11 Å². The molecule has 0 fully saturated rings. The monoisotopic (exact) mass is 270 g/mol. The summed E-state index contributed by atoms with van der Waals surface area (Å²) in [5.41, 5.74) is 5.28. The van der Waals surface area contributed by atoms with E-state index in [1.807, 2.05) is 18.3 Å². The highest BCUT2D eigenvalue weighted by atomic mass is 16.5. The Morgan fingerprint density at radius 1 is 1.35 bits per heavy atom. The van der Waals surface area contributed by atoms with Crippen LogP contribution in [0.25, 0.3) is 0 Å². The molecular formula is C16H18N2O2. The van der Waals surface area contributed by atoms with Gasteiger partial charge in [0.15, 0.2) is 11.5 Å². The number of nitrogens with one attached hydrogen (secondary N) is 1. The second-order valence-corrected chi connectivity index (χ2v) is 5.64. The van der Waals surface area contributed by atoms with Gasteiger partial charge in [0.2, 0.25) is 0 Å². The molecule has 20 heavy (non-hydrogen) atoms. The number of methoxy groups -OCH3 is 1. The van der Waals surface area contributed by atoms with Gasteiger partial charge in [-0.05, 0) is 41.3 Å². The van der Waals surface area contributed by atoms with Gasteiger partial charge in [-0.15, -0.1) is 0 Å². The van der Waals surface area contributed by atoms with E-state index in [-0.39, 0.29) is 5.75 Å². The molecule has 4 heteroatoms. The average Bonchev–Trinajstić information content (AvgIpc) is 2.91. The Bertz CT molecular complexity index is 662. The van der Waals surface area contributed by atoms with Crippen molar-refractivity contribution in [3.63, 3.8) is 0 Å². The summed E-state index contributed by atoms with van der Waals surface area (Å²) in [5, 5.41) is 10.1. The molecule has 1 unspecified atom stereocenters. The highest BCUT2D eigenvalue weighted by molar-refractivity contribution is 5.49. The Balaban J connectivity index is 1.78. The van der Waals surface area contributed by atoms with E-state index in [9.17, 15) is 5.11 Å². The summed E-state index contributed by atoms with van der Waals surface area (Å²) in [6.07, 6.45) is 4.03. The van der Waals surface area contributed by atoms with Crippen molar-refractivity contribution in [2.45, 2.75) is 25.4 Å². The first-order chi connectivity index (χ1) is 9.76. The Kier molecular flexibility index (Phi) is 2.54. The summed E-state index contributed by atoms with van der Waals surface area (Å²) in [5.74, 6) is 0.818. The Morgan fingerprint density at radius 3 is 3.10 bits per heavy atom. The second-order valence-electron chi connectivity index (χ2n) is 5.64. The van der Waals surface area contributed by atoms with Crippen molar-refractivity contribution < 1.29 is 9.84 Å². The quantitative estimate of drug-likeness (QED) is 0.836. The molecule has 2 aromatic rings. The number of phenolic OH excluding ortho intramolecular Hbond substituents is 1. The second kappa shape index (κ2) is 4.28. The molecule has 0 radical (unpaired) electrons. The van der Waals surface area contributed by atoms with Gasteiger partial charge in [-0.3, -0.25) is 4.90 Å². The van der Waals surface area contributed by atoms with Gasteiger partial charge in [0.25, 0.3) is 0 Å². The van der Waals surface area contributed by atoms with Gasteiger partial charge >= 0.3 is 0 Å². The van der Waals surface area contributed by atoms with Crippen LogP contribution in [0.2, 0.25) is 0 Å². The lowest BCUT2D eigenvalue weighted by atomic mass is 9.86. The molecule has 0 aliphatic carbocycles. The van der Waals surface area contributed by atoms with Crippen LogP contribution in [0.4, 0.5) is 0 Å². The zero-order chi connectivity index (χ0) is 13.7. The van der Waals surface area contributed by atoms with Crippen molar-refractivity contribution in [3.8, 4) is 11.5 Å². The molecule has 1 aromatic carbocycles. The summed E-state index contributed by atoms with van der Waals surface area (Å²) >= 11 is 0. The van der Waals surface area contributed by atoms with Crippen molar-refractivity contribution in [1.82, 2.24) is 9.88 Å². The summed E-state index contributed by atoms with van der Waals surface area (Å²) in [6.45, 7) is 2.06. The fraction of sp³-hybridized carbons (Fsp3) is 0.375.